The third-order valence-electron chi connectivity index (χ3n) is 3.85. The molecule has 1 rings (SSSR count). The van der Waals surface area contributed by atoms with E-state index in [1.807, 2.05) is 20.8 Å². The number of carbonyl (C=O) groups is 1. The van der Waals surface area contributed by atoms with Gasteiger partial charge in [-0.25, -0.2) is 0 Å². The Morgan fingerprint density at radius 3 is 2.50 bits per heavy atom. The van der Waals surface area contributed by atoms with Gasteiger partial charge in [-0.05, 0) is 24.2 Å². The van der Waals surface area contributed by atoms with Crippen molar-refractivity contribution in [3.8, 4) is 0 Å². The van der Waals surface area contributed by atoms with Crippen LogP contribution in [0.1, 0.15) is 46.5 Å². The van der Waals surface area contributed by atoms with Crippen molar-refractivity contribution >= 4 is 5.97 Å². The van der Waals surface area contributed by atoms with E-state index in [2.05, 4.69) is 0 Å². The van der Waals surface area contributed by atoms with Crippen LogP contribution in [0.2, 0.25) is 0 Å². The lowest BCUT2D eigenvalue weighted by Crippen LogP contribution is -2.53. The van der Waals surface area contributed by atoms with E-state index in [1.165, 1.54) is 0 Å². The Bertz CT molecular complexity index is 235. The van der Waals surface area contributed by atoms with Crippen molar-refractivity contribution in [2.24, 2.45) is 11.3 Å². The van der Waals surface area contributed by atoms with Gasteiger partial charge in [-0.3, -0.25) is 4.79 Å². The van der Waals surface area contributed by atoms with Gasteiger partial charge in [-0.2, -0.15) is 0 Å². The van der Waals surface area contributed by atoms with Gasteiger partial charge in [-0.1, -0.05) is 27.2 Å². The Balaban J connectivity index is 2.92. The summed E-state index contributed by atoms with van der Waals surface area (Å²) in [6, 6.07) is 0. The molecule has 1 fully saturated rings. The monoisotopic (exact) mass is 200 g/mol. The first-order valence-electron chi connectivity index (χ1n) is 5.24. The SMILES string of the molecule is C[C@@H]1CCCC(C)(C)[C@]1(O)CC(=O)O. The van der Waals surface area contributed by atoms with Crippen LogP contribution in [0.3, 0.4) is 0 Å². The third-order valence-corrected chi connectivity index (χ3v) is 3.85. The molecule has 82 valence electrons. The molecular weight excluding hydrogens is 180 g/mol. The van der Waals surface area contributed by atoms with Gasteiger partial charge in [-0.15, -0.1) is 0 Å². The molecule has 0 radical (unpaired) electrons. The minimum atomic E-state index is -1.04. The molecule has 0 unspecified atom stereocenters. The van der Waals surface area contributed by atoms with Crippen LogP contribution in [0.5, 0.6) is 0 Å². The summed E-state index contributed by atoms with van der Waals surface area (Å²) >= 11 is 0. The van der Waals surface area contributed by atoms with Crippen LogP contribution in [-0.4, -0.2) is 21.8 Å². The Labute approximate surface area is 85.1 Å². The number of hydrogen-bond donors (Lipinski definition) is 2. The summed E-state index contributed by atoms with van der Waals surface area (Å²) in [4.78, 5) is 10.7. The second kappa shape index (κ2) is 3.54. The molecule has 3 nitrogen and oxygen atoms in total. The van der Waals surface area contributed by atoms with Crippen LogP contribution in [0, 0.1) is 11.3 Å². The molecule has 14 heavy (non-hydrogen) atoms. The number of rotatable bonds is 2. The first-order chi connectivity index (χ1) is 6.29. The van der Waals surface area contributed by atoms with Crippen molar-refractivity contribution in [2.75, 3.05) is 0 Å². The molecule has 1 aliphatic carbocycles. The molecule has 0 heterocycles. The van der Waals surface area contributed by atoms with Gasteiger partial charge in [0.2, 0.25) is 0 Å². The summed E-state index contributed by atoms with van der Waals surface area (Å²) in [5.74, 6) is -0.836. The van der Waals surface area contributed by atoms with E-state index in [0.717, 1.165) is 19.3 Å². The van der Waals surface area contributed by atoms with Crippen LogP contribution in [0.15, 0.2) is 0 Å². The summed E-state index contributed by atoms with van der Waals surface area (Å²) in [5, 5.41) is 19.3. The minimum absolute atomic E-state index is 0.0716. The van der Waals surface area contributed by atoms with Gasteiger partial charge in [0.05, 0.1) is 12.0 Å². The van der Waals surface area contributed by atoms with Gasteiger partial charge in [0.1, 0.15) is 0 Å². The van der Waals surface area contributed by atoms with Gasteiger partial charge < -0.3 is 10.2 Å². The third kappa shape index (κ3) is 1.78. The highest BCUT2D eigenvalue weighted by Crippen LogP contribution is 2.48. The van der Waals surface area contributed by atoms with E-state index in [-0.39, 0.29) is 17.8 Å². The van der Waals surface area contributed by atoms with E-state index in [4.69, 9.17) is 5.11 Å². The van der Waals surface area contributed by atoms with E-state index in [1.54, 1.807) is 0 Å². The summed E-state index contributed by atoms with van der Waals surface area (Å²) < 4.78 is 0. The highest BCUT2D eigenvalue weighted by atomic mass is 16.4. The zero-order valence-electron chi connectivity index (χ0n) is 9.21. The van der Waals surface area contributed by atoms with Crippen LogP contribution >= 0.6 is 0 Å². The smallest absolute Gasteiger partial charge is 0.306 e. The zero-order chi connectivity index (χ0) is 11.0. The lowest BCUT2D eigenvalue weighted by molar-refractivity contribution is -0.166. The topological polar surface area (TPSA) is 57.5 Å². The minimum Gasteiger partial charge on any atom is -0.481 e. The van der Waals surface area contributed by atoms with E-state index in [9.17, 15) is 9.90 Å². The van der Waals surface area contributed by atoms with E-state index in [0.29, 0.717) is 0 Å². The number of hydrogen-bond acceptors (Lipinski definition) is 2. The van der Waals surface area contributed by atoms with Crippen molar-refractivity contribution in [3.05, 3.63) is 0 Å². The molecule has 3 heteroatoms. The number of aliphatic carboxylic acids is 1. The summed E-state index contributed by atoms with van der Waals surface area (Å²) in [6.45, 7) is 5.88. The molecule has 0 bridgehead atoms. The van der Waals surface area contributed by atoms with Crippen LogP contribution in [-0.2, 0) is 4.79 Å². The van der Waals surface area contributed by atoms with Gasteiger partial charge in [0.15, 0.2) is 0 Å². The Hall–Kier alpha value is -0.570. The number of carboxylic acids is 1. The standard InChI is InChI=1S/C11H20O3/c1-8-5-4-6-10(2,3)11(8,14)7-9(12)13/h8,14H,4-7H2,1-3H3,(H,12,13)/t8-,11+/m1/s1. The quantitative estimate of drug-likeness (QED) is 0.717. The lowest BCUT2D eigenvalue weighted by Gasteiger charge is -2.49. The van der Waals surface area contributed by atoms with Crippen molar-refractivity contribution in [1.29, 1.82) is 0 Å². The molecule has 2 N–H and O–H groups in total. The summed E-state index contributed by atoms with van der Waals surface area (Å²) in [6.07, 6.45) is 2.77. The fourth-order valence-corrected chi connectivity index (χ4v) is 2.62. The lowest BCUT2D eigenvalue weighted by atomic mass is 9.59. The Morgan fingerprint density at radius 2 is 2.07 bits per heavy atom. The fraction of sp³-hybridized carbons (Fsp3) is 0.909. The summed E-state index contributed by atoms with van der Waals surface area (Å²) in [5.41, 5.74) is -1.33. The predicted octanol–water partition coefficient (Wildman–Crippen LogP) is 2.04. The van der Waals surface area contributed by atoms with Crippen LogP contribution in [0.25, 0.3) is 0 Å². The predicted molar refractivity (Wildman–Crippen MR) is 54.0 cm³/mol. The zero-order valence-corrected chi connectivity index (χ0v) is 9.21. The molecule has 0 aliphatic heterocycles. The average molecular weight is 200 g/mol. The molecule has 0 aromatic rings. The Morgan fingerprint density at radius 1 is 1.50 bits per heavy atom. The maximum atomic E-state index is 10.7. The largest absolute Gasteiger partial charge is 0.481 e. The van der Waals surface area contributed by atoms with Crippen molar-refractivity contribution in [3.63, 3.8) is 0 Å². The van der Waals surface area contributed by atoms with Crippen LogP contribution in [0.4, 0.5) is 0 Å². The van der Waals surface area contributed by atoms with Gasteiger partial charge >= 0.3 is 5.97 Å². The summed E-state index contributed by atoms with van der Waals surface area (Å²) in [7, 11) is 0. The maximum absolute atomic E-state index is 10.7. The molecule has 2 atom stereocenters. The fourth-order valence-electron chi connectivity index (χ4n) is 2.62. The van der Waals surface area contributed by atoms with Crippen molar-refractivity contribution in [1.82, 2.24) is 0 Å². The first-order valence-corrected chi connectivity index (χ1v) is 5.24. The average Bonchev–Trinajstić information content (AvgIpc) is 1.99. The molecule has 0 aromatic heterocycles. The maximum Gasteiger partial charge on any atom is 0.306 e. The Kier molecular flexibility index (Phi) is 2.91. The molecule has 1 saturated carbocycles. The van der Waals surface area contributed by atoms with Gasteiger partial charge in [0, 0.05) is 0 Å². The first kappa shape index (κ1) is 11.5. The number of carboxylic acid groups (broad SMARTS) is 1. The highest BCUT2D eigenvalue weighted by molar-refractivity contribution is 5.68. The molecule has 0 saturated heterocycles. The van der Waals surface area contributed by atoms with Crippen molar-refractivity contribution in [2.45, 2.75) is 52.1 Å². The van der Waals surface area contributed by atoms with Crippen molar-refractivity contribution < 1.29 is 15.0 Å². The van der Waals surface area contributed by atoms with Gasteiger partial charge in [0.25, 0.3) is 0 Å². The molecule has 0 amide bonds. The van der Waals surface area contributed by atoms with Crippen LogP contribution < -0.4 is 0 Å². The highest BCUT2D eigenvalue weighted by Gasteiger charge is 2.50. The second-order valence-corrected chi connectivity index (χ2v) is 5.17. The molecule has 0 spiro atoms. The molecule has 0 aromatic carbocycles. The molecular formula is C11H20O3. The molecule has 1 aliphatic rings. The number of aliphatic hydroxyl groups is 1. The van der Waals surface area contributed by atoms with E-state index >= 15 is 0 Å². The van der Waals surface area contributed by atoms with E-state index < -0.39 is 11.6 Å². The normalized spacial score (nSPS) is 36.7. The second-order valence-electron chi connectivity index (χ2n) is 5.17.